The van der Waals surface area contributed by atoms with Gasteiger partial charge in [-0.3, -0.25) is 0 Å². The second-order valence-corrected chi connectivity index (χ2v) is 7.54. The number of hydrogen-bond acceptors (Lipinski definition) is 7. The van der Waals surface area contributed by atoms with Gasteiger partial charge in [-0.1, -0.05) is 18.2 Å². The van der Waals surface area contributed by atoms with Gasteiger partial charge in [0.25, 0.3) is 0 Å². The molecule has 172 valence electrons. The minimum absolute atomic E-state index is 0.103. The van der Waals surface area contributed by atoms with Crippen LogP contribution in [0.5, 0.6) is 17.2 Å². The topological polar surface area (TPSA) is 168 Å². The Morgan fingerprint density at radius 2 is 1.62 bits per heavy atom. The van der Waals surface area contributed by atoms with Crippen molar-refractivity contribution in [1.29, 1.82) is 0 Å². The molecule has 0 aromatic heterocycles. The zero-order valence-corrected chi connectivity index (χ0v) is 17.5. The number of phenolic OH excluding ortho intramolecular Hbond substituents is 3. The summed E-state index contributed by atoms with van der Waals surface area (Å²) in [4.78, 5) is 19.1. The molecule has 3 rings (SSSR count). The molecule has 2 aromatic rings. The van der Waals surface area contributed by atoms with Crippen molar-refractivity contribution < 1.29 is 40.2 Å². The van der Waals surface area contributed by atoms with E-state index in [0.29, 0.717) is 36.1 Å². The quantitative estimate of drug-likeness (QED) is 0.260. The molecule has 3 unspecified atom stereocenters. The number of hydrogen-bond donors (Lipinski definition) is 7. The zero-order chi connectivity index (χ0) is 23.8. The molecule has 1 aliphatic rings. The molecule has 9 heteroatoms. The van der Waals surface area contributed by atoms with Gasteiger partial charge in [-0.25, -0.2) is 9.59 Å². The number of aliphatic carboxylic acids is 2. The van der Waals surface area contributed by atoms with Gasteiger partial charge in [0.05, 0.1) is 6.10 Å². The highest BCUT2D eigenvalue weighted by molar-refractivity contribution is 5.89. The molecule has 0 amide bonds. The Morgan fingerprint density at radius 1 is 1.03 bits per heavy atom. The Hall–Kier alpha value is -3.56. The van der Waals surface area contributed by atoms with E-state index in [9.17, 15) is 30.0 Å². The Bertz CT molecular complexity index is 955. The summed E-state index contributed by atoms with van der Waals surface area (Å²) in [6.07, 6.45) is 2.48. The number of carboxylic acid groups (broad SMARTS) is 2. The molecule has 7 N–H and O–H groups in total. The summed E-state index contributed by atoms with van der Waals surface area (Å²) in [5.74, 6) is -2.53. The highest BCUT2D eigenvalue weighted by Crippen LogP contribution is 2.39. The van der Waals surface area contributed by atoms with Crippen molar-refractivity contribution in [1.82, 2.24) is 5.32 Å². The maximum Gasteiger partial charge on any atom is 0.328 e. The van der Waals surface area contributed by atoms with Gasteiger partial charge in [-0.15, -0.1) is 0 Å². The first kappa shape index (κ1) is 24.7. The molecule has 0 spiro atoms. The van der Waals surface area contributed by atoms with Crippen LogP contribution in [0.1, 0.15) is 36.1 Å². The van der Waals surface area contributed by atoms with E-state index in [0.717, 1.165) is 12.0 Å². The molecule has 0 saturated carbocycles. The van der Waals surface area contributed by atoms with E-state index in [2.05, 4.69) is 12.2 Å². The molecule has 0 aliphatic heterocycles. The number of rotatable bonds is 6. The number of aromatic hydroxyl groups is 3. The van der Waals surface area contributed by atoms with Crippen molar-refractivity contribution in [2.75, 3.05) is 0 Å². The van der Waals surface area contributed by atoms with Crippen LogP contribution in [0.3, 0.4) is 0 Å². The number of aliphatic hydroxyl groups is 1. The fraction of sp³-hybridized carbons (Fsp3) is 0.304. The van der Waals surface area contributed by atoms with E-state index in [1.807, 2.05) is 12.1 Å². The van der Waals surface area contributed by atoms with Crippen molar-refractivity contribution in [2.45, 2.75) is 44.4 Å². The molecule has 9 nitrogen and oxygen atoms in total. The third kappa shape index (κ3) is 7.00. The first-order valence-electron chi connectivity index (χ1n) is 9.98. The van der Waals surface area contributed by atoms with Crippen molar-refractivity contribution in [2.24, 2.45) is 0 Å². The molecule has 0 heterocycles. The van der Waals surface area contributed by atoms with Crippen molar-refractivity contribution >= 4 is 11.9 Å². The van der Waals surface area contributed by atoms with E-state index < -0.39 is 18.0 Å². The van der Waals surface area contributed by atoms with Crippen LogP contribution in [0.4, 0.5) is 0 Å². The number of fused-ring (bicyclic) bond motifs is 1. The Kier molecular flexibility index (Phi) is 8.62. The predicted octanol–water partition coefficient (Wildman–Crippen LogP) is 2.08. The lowest BCUT2D eigenvalue weighted by Crippen LogP contribution is -2.43. The summed E-state index contributed by atoms with van der Waals surface area (Å²) in [6.45, 7) is 2.06. The molecular formula is C23H27NO8. The summed E-state index contributed by atoms with van der Waals surface area (Å²) >= 11 is 0. The second-order valence-electron chi connectivity index (χ2n) is 7.54. The fourth-order valence-electron chi connectivity index (χ4n) is 3.58. The first-order valence-corrected chi connectivity index (χ1v) is 9.98. The largest absolute Gasteiger partial charge is 0.508 e. The number of carbonyl (C=O) groups is 2. The van der Waals surface area contributed by atoms with Gasteiger partial charge in [-0.05, 0) is 55.5 Å². The zero-order valence-electron chi connectivity index (χ0n) is 17.5. The van der Waals surface area contributed by atoms with Gasteiger partial charge < -0.3 is 36.0 Å². The number of benzene rings is 2. The molecule has 0 fully saturated rings. The van der Waals surface area contributed by atoms with E-state index in [1.165, 1.54) is 6.07 Å². The number of phenols is 3. The molecule has 1 aliphatic carbocycles. The lowest BCUT2D eigenvalue weighted by molar-refractivity contribution is -0.134. The fourth-order valence-corrected chi connectivity index (χ4v) is 3.58. The van der Waals surface area contributed by atoms with E-state index in [4.69, 9.17) is 10.2 Å². The van der Waals surface area contributed by atoms with Crippen molar-refractivity contribution in [3.8, 4) is 17.2 Å². The molecule has 0 radical (unpaired) electrons. The van der Waals surface area contributed by atoms with E-state index in [1.54, 1.807) is 18.2 Å². The van der Waals surface area contributed by atoms with Gasteiger partial charge in [0.2, 0.25) is 0 Å². The van der Waals surface area contributed by atoms with Crippen LogP contribution in [0.15, 0.2) is 48.6 Å². The lowest BCUT2D eigenvalue weighted by atomic mass is 9.84. The minimum Gasteiger partial charge on any atom is -0.508 e. The van der Waals surface area contributed by atoms with Crippen LogP contribution in [-0.4, -0.2) is 54.7 Å². The third-order valence-electron chi connectivity index (χ3n) is 5.05. The highest BCUT2D eigenvalue weighted by Gasteiger charge is 2.31. The van der Waals surface area contributed by atoms with Gasteiger partial charge in [0, 0.05) is 29.8 Å². The molecule has 0 saturated heterocycles. The summed E-state index contributed by atoms with van der Waals surface area (Å²) in [6, 6.07) is 10.3. The SMILES string of the molecule is CC(Cc1ccc(O)cc1)NC1CCc2c(ccc(O)c2O)C1O.O=C(O)/C=C/C(=O)O. The monoisotopic (exact) mass is 445 g/mol. The Balaban J connectivity index is 0.000000390. The van der Waals surface area contributed by atoms with Gasteiger partial charge in [-0.2, -0.15) is 0 Å². The Morgan fingerprint density at radius 3 is 2.19 bits per heavy atom. The molecule has 3 atom stereocenters. The lowest BCUT2D eigenvalue weighted by Gasteiger charge is -2.33. The standard InChI is InChI=1S/C19H23NO4.C4H4O4/c1-11(10-12-2-4-13(21)5-3-12)20-16-8-6-15-14(18(16)23)7-9-17(22)19(15)24;5-3(6)1-2-4(7)8/h2-5,7,9,11,16,18,20-24H,6,8,10H2,1H3;1-2H,(H,5,6)(H,7,8)/b;2-1+. The summed E-state index contributed by atoms with van der Waals surface area (Å²) in [7, 11) is 0. The highest BCUT2D eigenvalue weighted by atomic mass is 16.4. The maximum atomic E-state index is 10.6. The first-order chi connectivity index (χ1) is 15.1. The van der Waals surface area contributed by atoms with E-state index in [-0.39, 0.29) is 29.3 Å². The van der Waals surface area contributed by atoms with Crippen molar-refractivity contribution in [3.05, 3.63) is 65.2 Å². The smallest absolute Gasteiger partial charge is 0.328 e. The van der Waals surface area contributed by atoms with Crippen LogP contribution in [0, 0.1) is 0 Å². The average molecular weight is 445 g/mol. The maximum absolute atomic E-state index is 10.6. The molecule has 2 aromatic carbocycles. The predicted molar refractivity (Wildman–Crippen MR) is 116 cm³/mol. The van der Waals surface area contributed by atoms with Gasteiger partial charge in [0.1, 0.15) is 5.75 Å². The third-order valence-corrected chi connectivity index (χ3v) is 5.05. The van der Waals surface area contributed by atoms with Crippen molar-refractivity contribution in [3.63, 3.8) is 0 Å². The summed E-state index contributed by atoms with van der Waals surface area (Å²) in [5.41, 5.74) is 2.42. The molecule has 32 heavy (non-hydrogen) atoms. The number of carboxylic acids is 2. The second kappa shape index (κ2) is 11.2. The Labute approximate surface area is 184 Å². The summed E-state index contributed by atoms with van der Waals surface area (Å²) in [5, 5.41) is 58.5. The van der Waals surface area contributed by atoms with Gasteiger partial charge >= 0.3 is 11.9 Å². The van der Waals surface area contributed by atoms with Crippen LogP contribution in [0.2, 0.25) is 0 Å². The van der Waals surface area contributed by atoms with Crippen LogP contribution < -0.4 is 5.32 Å². The van der Waals surface area contributed by atoms with Crippen LogP contribution in [0.25, 0.3) is 0 Å². The van der Waals surface area contributed by atoms with E-state index >= 15 is 0 Å². The summed E-state index contributed by atoms with van der Waals surface area (Å²) < 4.78 is 0. The average Bonchev–Trinajstić information content (AvgIpc) is 2.73. The normalized spacial score (nSPS) is 18.3. The van der Waals surface area contributed by atoms with Gasteiger partial charge in [0.15, 0.2) is 11.5 Å². The van der Waals surface area contributed by atoms with Crippen LogP contribution in [-0.2, 0) is 22.4 Å². The van der Waals surface area contributed by atoms with Crippen LogP contribution >= 0.6 is 0 Å². The number of nitrogens with one attached hydrogen (secondary N) is 1. The number of aliphatic hydroxyl groups excluding tert-OH is 1. The molecular weight excluding hydrogens is 418 g/mol. The molecule has 0 bridgehead atoms. The minimum atomic E-state index is -1.26.